The molecule has 0 radical (unpaired) electrons. The van der Waals surface area contributed by atoms with E-state index in [0.29, 0.717) is 5.92 Å². The number of aliphatic hydroxyl groups is 1. The Labute approximate surface area is 130 Å². The standard InChI is InChI=1S/C18H20O2S/c1-13(12-21-16-5-3-2-4-6-16)17-10-15-8-7-14(11-19)9-18(15)20-17/h2-9,13,17,19H,10-12H2,1H3. The maximum Gasteiger partial charge on any atom is 0.123 e. The highest BCUT2D eigenvalue weighted by Gasteiger charge is 2.27. The molecule has 1 aliphatic rings. The summed E-state index contributed by atoms with van der Waals surface area (Å²) in [6.07, 6.45) is 1.21. The zero-order chi connectivity index (χ0) is 14.7. The molecule has 2 aromatic carbocycles. The predicted molar refractivity (Wildman–Crippen MR) is 86.8 cm³/mol. The highest BCUT2D eigenvalue weighted by atomic mass is 32.2. The van der Waals surface area contributed by atoms with Gasteiger partial charge in [-0.1, -0.05) is 37.3 Å². The van der Waals surface area contributed by atoms with E-state index in [-0.39, 0.29) is 12.7 Å². The molecule has 0 saturated heterocycles. The fraction of sp³-hybridized carbons (Fsp3) is 0.333. The van der Waals surface area contributed by atoms with Gasteiger partial charge in [0.2, 0.25) is 0 Å². The Kier molecular flexibility index (Phi) is 4.51. The predicted octanol–water partition coefficient (Wildman–Crippen LogP) is 3.91. The smallest absolute Gasteiger partial charge is 0.123 e. The van der Waals surface area contributed by atoms with Crippen LogP contribution in [0, 0.1) is 5.92 Å². The van der Waals surface area contributed by atoms with Crippen LogP contribution in [0.5, 0.6) is 5.75 Å². The molecule has 3 heteroatoms. The van der Waals surface area contributed by atoms with Crippen molar-refractivity contribution < 1.29 is 9.84 Å². The molecule has 2 atom stereocenters. The third kappa shape index (κ3) is 3.42. The van der Waals surface area contributed by atoms with Gasteiger partial charge in [0.05, 0.1) is 6.61 Å². The maximum absolute atomic E-state index is 9.20. The molecule has 21 heavy (non-hydrogen) atoms. The number of fused-ring (bicyclic) bond motifs is 1. The van der Waals surface area contributed by atoms with E-state index in [2.05, 4.69) is 37.3 Å². The lowest BCUT2D eigenvalue weighted by atomic mass is 10.0. The number of rotatable bonds is 5. The Hall–Kier alpha value is -1.45. The van der Waals surface area contributed by atoms with E-state index in [1.54, 1.807) is 0 Å². The van der Waals surface area contributed by atoms with Crippen molar-refractivity contribution in [1.82, 2.24) is 0 Å². The van der Waals surface area contributed by atoms with Crippen molar-refractivity contribution in [3.8, 4) is 5.75 Å². The van der Waals surface area contributed by atoms with Crippen LogP contribution < -0.4 is 4.74 Å². The van der Waals surface area contributed by atoms with Gasteiger partial charge in [-0.15, -0.1) is 11.8 Å². The van der Waals surface area contributed by atoms with Gasteiger partial charge in [0.1, 0.15) is 11.9 Å². The summed E-state index contributed by atoms with van der Waals surface area (Å²) in [5.74, 6) is 2.48. The molecule has 3 rings (SSSR count). The first-order chi connectivity index (χ1) is 10.3. The van der Waals surface area contributed by atoms with Crippen molar-refractivity contribution in [2.24, 2.45) is 5.92 Å². The first-order valence-electron chi connectivity index (χ1n) is 7.33. The normalized spacial score (nSPS) is 18.1. The number of hydrogen-bond donors (Lipinski definition) is 1. The van der Waals surface area contributed by atoms with E-state index in [1.165, 1.54) is 10.5 Å². The summed E-state index contributed by atoms with van der Waals surface area (Å²) >= 11 is 1.88. The molecule has 2 nitrogen and oxygen atoms in total. The third-order valence-corrected chi connectivity index (χ3v) is 5.20. The van der Waals surface area contributed by atoms with Crippen LogP contribution >= 0.6 is 11.8 Å². The summed E-state index contributed by atoms with van der Waals surface area (Å²) in [5.41, 5.74) is 2.18. The summed E-state index contributed by atoms with van der Waals surface area (Å²) in [4.78, 5) is 1.31. The molecule has 2 aromatic rings. The van der Waals surface area contributed by atoms with E-state index in [4.69, 9.17) is 4.74 Å². The van der Waals surface area contributed by atoms with Crippen LogP contribution in [0.1, 0.15) is 18.1 Å². The Morgan fingerprint density at radius 2 is 2.05 bits per heavy atom. The van der Waals surface area contributed by atoms with Gasteiger partial charge < -0.3 is 9.84 Å². The maximum atomic E-state index is 9.20. The van der Waals surface area contributed by atoms with E-state index in [9.17, 15) is 5.11 Å². The average Bonchev–Trinajstić information content (AvgIpc) is 2.96. The SMILES string of the molecule is CC(CSc1ccccc1)C1Cc2ccc(CO)cc2O1. The Morgan fingerprint density at radius 1 is 1.24 bits per heavy atom. The van der Waals surface area contributed by atoms with Gasteiger partial charge in [0.15, 0.2) is 0 Å². The number of hydrogen-bond acceptors (Lipinski definition) is 3. The van der Waals surface area contributed by atoms with Crippen LogP contribution in [0.25, 0.3) is 0 Å². The second kappa shape index (κ2) is 6.54. The zero-order valence-corrected chi connectivity index (χ0v) is 13.0. The van der Waals surface area contributed by atoms with Crippen molar-refractivity contribution in [2.45, 2.75) is 31.0 Å². The second-order valence-electron chi connectivity index (χ2n) is 5.56. The monoisotopic (exact) mass is 300 g/mol. The summed E-state index contributed by atoms with van der Waals surface area (Å²) in [6.45, 7) is 2.32. The van der Waals surface area contributed by atoms with E-state index < -0.39 is 0 Å². The first-order valence-corrected chi connectivity index (χ1v) is 8.32. The highest BCUT2D eigenvalue weighted by Crippen LogP contribution is 2.34. The van der Waals surface area contributed by atoms with Crippen LogP contribution in [-0.2, 0) is 13.0 Å². The van der Waals surface area contributed by atoms with Gasteiger partial charge in [-0.25, -0.2) is 0 Å². The van der Waals surface area contributed by atoms with Crippen LogP contribution in [0.2, 0.25) is 0 Å². The number of benzene rings is 2. The lowest BCUT2D eigenvalue weighted by Gasteiger charge is -2.18. The molecule has 0 spiro atoms. The fourth-order valence-electron chi connectivity index (χ4n) is 2.57. The van der Waals surface area contributed by atoms with E-state index >= 15 is 0 Å². The van der Waals surface area contributed by atoms with Gasteiger partial charge in [0.25, 0.3) is 0 Å². The highest BCUT2D eigenvalue weighted by molar-refractivity contribution is 7.99. The van der Waals surface area contributed by atoms with E-state index in [0.717, 1.165) is 23.5 Å². The molecule has 1 N–H and O–H groups in total. The number of thioether (sulfide) groups is 1. The van der Waals surface area contributed by atoms with Gasteiger partial charge in [-0.2, -0.15) is 0 Å². The minimum Gasteiger partial charge on any atom is -0.489 e. The van der Waals surface area contributed by atoms with Crippen molar-refractivity contribution in [1.29, 1.82) is 0 Å². The minimum atomic E-state index is 0.0702. The average molecular weight is 300 g/mol. The molecule has 2 unspecified atom stereocenters. The van der Waals surface area contributed by atoms with Gasteiger partial charge >= 0.3 is 0 Å². The largest absolute Gasteiger partial charge is 0.489 e. The summed E-state index contributed by atoms with van der Waals surface area (Å²) in [7, 11) is 0. The Morgan fingerprint density at radius 3 is 2.81 bits per heavy atom. The summed E-state index contributed by atoms with van der Waals surface area (Å²) in [5, 5.41) is 9.20. The summed E-state index contributed by atoms with van der Waals surface area (Å²) in [6, 6.07) is 16.5. The molecular weight excluding hydrogens is 280 g/mol. The molecule has 1 heterocycles. The zero-order valence-electron chi connectivity index (χ0n) is 12.2. The number of ether oxygens (including phenoxy) is 1. The second-order valence-corrected chi connectivity index (χ2v) is 6.66. The van der Waals surface area contributed by atoms with Gasteiger partial charge in [0, 0.05) is 23.0 Å². The lowest BCUT2D eigenvalue weighted by molar-refractivity contribution is 0.180. The molecule has 0 saturated carbocycles. The molecule has 0 aromatic heterocycles. The minimum absolute atomic E-state index is 0.0702. The first kappa shape index (κ1) is 14.5. The summed E-state index contributed by atoms with van der Waals surface area (Å²) < 4.78 is 6.08. The Balaban J connectivity index is 1.59. The van der Waals surface area contributed by atoms with Crippen LogP contribution in [0.4, 0.5) is 0 Å². The topological polar surface area (TPSA) is 29.5 Å². The quantitative estimate of drug-likeness (QED) is 0.849. The molecule has 0 fully saturated rings. The molecular formula is C18H20O2S. The molecule has 110 valence electrons. The fourth-order valence-corrected chi connectivity index (χ4v) is 3.59. The van der Waals surface area contributed by atoms with Crippen molar-refractivity contribution in [3.63, 3.8) is 0 Å². The van der Waals surface area contributed by atoms with Crippen LogP contribution in [0.3, 0.4) is 0 Å². The van der Waals surface area contributed by atoms with E-state index in [1.807, 2.05) is 30.0 Å². The van der Waals surface area contributed by atoms with Crippen LogP contribution in [0.15, 0.2) is 53.4 Å². The molecule has 1 aliphatic heterocycles. The third-order valence-electron chi connectivity index (χ3n) is 3.90. The van der Waals surface area contributed by atoms with Crippen LogP contribution in [-0.4, -0.2) is 17.0 Å². The van der Waals surface area contributed by atoms with Crippen molar-refractivity contribution in [2.75, 3.05) is 5.75 Å². The molecule has 0 amide bonds. The van der Waals surface area contributed by atoms with Crippen molar-refractivity contribution >= 4 is 11.8 Å². The number of aliphatic hydroxyl groups excluding tert-OH is 1. The van der Waals surface area contributed by atoms with Crippen molar-refractivity contribution in [3.05, 3.63) is 59.7 Å². The molecule has 0 bridgehead atoms. The lowest BCUT2D eigenvalue weighted by Crippen LogP contribution is -2.24. The van der Waals surface area contributed by atoms with Gasteiger partial charge in [-0.05, 0) is 29.3 Å². The molecule has 0 aliphatic carbocycles. The Bertz CT molecular complexity index is 597. The van der Waals surface area contributed by atoms with Gasteiger partial charge in [-0.3, -0.25) is 0 Å².